The fraction of sp³-hybridized carbons (Fsp3) is 0.316. The molecule has 2 rings (SSSR count). The van der Waals surface area contributed by atoms with Crippen LogP contribution in [0.4, 0.5) is 24.5 Å². The third-order valence-electron chi connectivity index (χ3n) is 3.97. The van der Waals surface area contributed by atoms with Crippen LogP contribution in [0.3, 0.4) is 0 Å². The average molecular weight is 430 g/mol. The van der Waals surface area contributed by atoms with Crippen LogP contribution in [0.2, 0.25) is 0 Å². The molecule has 0 radical (unpaired) electrons. The zero-order valence-corrected chi connectivity index (χ0v) is 16.8. The number of carbonyl (C=O) groups excluding carboxylic acids is 1. The van der Waals surface area contributed by atoms with Crippen molar-refractivity contribution in [1.82, 2.24) is 0 Å². The van der Waals surface area contributed by atoms with Crippen LogP contribution in [0.15, 0.2) is 48.5 Å². The standard InChI is InChI=1S/C19H21F3N2O4S/c1-4-17(24(29(3,26)27)15-9-5-13(2)6-10-15)18(25)23-14-7-11-16(12-8-14)28-19(20,21)22/h5-12,17H,4H2,1-3H3,(H,23,25)/t17-/m1/s1. The highest BCUT2D eigenvalue weighted by Crippen LogP contribution is 2.26. The minimum absolute atomic E-state index is 0.183. The van der Waals surface area contributed by atoms with Gasteiger partial charge >= 0.3 is 6.36 Å². The monoisotopic (exact) mass is 430 g/mol. The van der Waals surface area contributed by atoms with Gasteiger partial charge in [-0.3, -0.25) is 9.10 Å². The van der Waals surface area contributed by atoms with E-state index < -0.39 is 34.1 Å². The summed E-state index contributed by atoms with van der Waals surface area (Å²) in [5, 5.41) is 2.53. The van der Waals surface area contributed by atoms with Crippen molar-refractivity contribution in [3.8, 4) is 5.75 Å². The number of alkyl halides is 3. The number of rotatable bonds is 7. The zero-order valence-electron chi connectivity index (χ0n) is 16.0. The summed E-state index contributed by atoms with van der Waals surface area (Å²) in [6.45, 7) is 3.52. The van der Waals surface area contributed by atoms with E-state index in [0.29, 0.717) is 5.69 Å². The van der Waals surface area contributed by atoms with Gasteiger partial charge in [0.1, 0.15) is 11.8 Å². The van der Waals surface area contributed by atoms with Gasteiger partial charge in [-0.2, -0.15) is 0 Å². The number of hydrogen-bond acceptors (Lipinski definition) is 4. The summed E-state index contributed by atoms with van der Waals surface area (Å²) >= 11 is 0. The molecule has 10 heteroatoms. The fourth-order valence-electron chi connectivity index (χ4n) is 2.72. The number of ether oxygens (including phenoxy) is 1. The van der Waals surface area contributed by atoms with E-state index in [1.165, 1.54) is 12.1 Å². The number of hydrogen-bond donors (Lipinski definition) is 1. The molecule has 1 N–H and O–H groups in total. The minimum atomic E-state index is -4.82. The Morgan fingerprint density at radius 3 is 2.10 bits per heavy atom. The van der Waals surface area contributed by atoms with Gasteiger partial charge in [0.05, 0.1) is 11.9 Å². The molecule has 158 valence electrons. The Morgan fingerprint density at radius 2 is 1.66 bits per heavy atom. The molecule has 0 bridgehead atoms. The number of sulfonamides is 1. The quantitative estimate of drug-likeness (QED) is 0.718. The van der Waals surface area contributed by atoms with Gasteiger partial charge in [0.15, 0.2) is 0 Å². The molecule has 0 saturated heterocycles. The van der Waals surface area contributed by atoms with E-state index in [4.69, 9.17) is 0 Å². The van der Waals surface area contributed by atoms with E-state index in [0.717, 1.165) is 28.3 Å². The maximum absolute atomic E-state index is 12.8. The Hall–Kier alpha value is -2.75. The maximum Gasteiger partial charge on any atom is 0.573 e. The first kappa shape index (κ1) is 22.5. The first-order valence-corrected chi connectivity index (χ1v) is 10.5. The van der Waals surface area contributed by atoms with Crippen molar-refractivity contribution < 1.29 is 31.1 Å². The van der Waals surface area contributed by atoms with Crippen molar-refractivity contribution in [2.24, 2.45) is 0 Å². The molecular formula is C19H21F3N2O4S. The molecule has 2 aromatic carbocycles. The van der Waals surface area contributed by atoms with Gasteiger partial charge in [-0.15, -0.1) is 13.2 Å². The molecule has 0 heterocycles. The number of nitrogens with zero attached hydrogens (tertiary/aromatic N) is 1. The molecule has 29 heavy (non-hydrogen) atoms. The molecule has 0 fully saturated rings. The number of aryl methyl sites for hydroxylation is 1. The van der Waals surface area contributed by atoms with Crippen molar-refractivity contribution in [2.75, 3.05) is 15.9 Å². The summed E-state index contributed by atoms with van der Waals surface area (Å²) in [4.78, 5) is 12.8. The highest BCUT2D eigenvalue weighted by molar-refractivity contribution is 7.92. The molecular weight excluding hydrogens is 409 g/mol. The third-order valence-corrected chi connectivity index (χ3v) is 5.15. The summed E-state index contributed by atoms with van der Waals surface area (Å²) in [5.74, 6) is -1.04. The van der Waals surface area contributed by atoms with Gasteiger partial charge < -0.3 is 10.1 Å². The van der Waals surface area contributed by atoms with Gasteiger partial charge in [-0.1, -0.05) is 24.6 Å². The number of amides is 1. The molecule has 0 saturated carbocycles. The Morgan fingerprint density at radius 1 is 1.10 bits per heavy atom. The third kappa shape index (κ3) is 6.38. The normalized spacial score (nSPS) is 12.9. The van der Waals surface area contributed by atoms with Crippen molar-refractivity contribution in [2.45, 2.75) is 32.7 Å². The zero-order chi connectivity index (χ0) is 21.8. The van der Waals surface area contributed by atoms with Crippen LogP contribution < -0.4 is 14.4 Å². The van der Waals surface area contributed by atoms with Gasteiger partial charge in [0.25, 0.3) is 0 Å². The highest BCUT2D eigenvalue weighted by atomic mass is 32.2. The molecule has 1 atom stereocenters. The van der Waals surface area contributed by atoms with E-state index in [1.807, 2.05) is 6.92 Å². The number of benzene rings is 2. The Bertz CT molecular complexity index is 943. The van der Waals surface area contributed by atoms with Crippen molar-refractivity contribution in [3.63, 3.8) is 0 Å². The lowest BCUT2D eigenvalue weighted by atomic mass is 10.1. The lowest BCUT2D eigenvalue weighted by Gasteiger charge is -2.30. The van der Waals surface area contributed by atoms with Crippen LogP contribution in [-0.2, 0) is 14.8 Å². The fourth-order valence-corrected chi connectivity index (χ4v) is 3.93. The van der Waals surface area contributed by atoms with Crippen LogP contribution in [0, 0.1) is 6.92 Å². The Balaban J connectivity index is 2.24. The molecule has 0 aliphatic rings. The summed E-state index contributed by atoms with van der Waals surface area (Å²) in [6, 6.07) is 10.2. The van der Waals surface area contributed by atoms with Crippen molar-refractivity contribution in [3.05, 3.63) is 54.1 Å². The topological polar surface area (TPSA) is 75.7 Å². The molecule has 6 nitrogen and oxygen atoms in total. The highest BCUT2D eigenvalue weighted by Gasteiger charge is 2.32. The molecule has 0 spiro atoms. The van der Waals surface area contributed by atoms with E-state index in [-0.39, 0.29) is 12.1 Å². The lowest BCUT2D eigenvalue weighted by Crippen LogP contribution is -2.47. The first-order chi connectivity index (χ1) is 13.4. The molecule has 1 amide bonds. The Labute approximate surface area is 167 Å². The van der Waals surface area contributed by atoms with E-state index in [1.54, 1.807) is 31.2 Å². The minimum Gasteiger partial charge on any atom is -0.406 e. The van der Waals surface area contributed by atoms with E-state index in [9.17, 15) is 26.4 Å². The largest absolute Gasteiger partial charge is 0.573 e. The van der Waals surface area contributed by atoms with Crippen LogP contribution in [-0.4, -0.2) is 33.0 Å². The second-order valence-electron chi connectivity index (χ2n) is 6.38. The molecule has 0 aliphatic carbocycles. The van der Waals surface area contributed by atoms with E-state index in [2.05, 4.69) is 10.1 Å². The summed E-state index contributed by atoms with van der Waals surface area (Å²) in [6.07, 6.45) is -3.63. The number of carbonyl (C=O) groups is 1. The van der Waals surface area contributed by atoms with Crippen molar-refractivity contribution >= 4 is 27.3 Å². The average Bonchev–Trinajstić information content (AvgIpc) is 2.60. The molecule has 2 aromatic rings. The second-order valence-corrected chi connectivity index (χ2v) is 8.24. The Kier molecular flexibility index (Phi) is 6.78. The van der Waals surface area contributed by atoms with Gasteiger partial charge in [0, 0.05) is 5.69 Å². The second kappa shape index (κ2) is 8.73. The van der Waals surface area contributed by atoms with Gasteiger partial charge in [-0.05, 0) is 49.7 Å². The summed E-state index contributed by atoms with van der Waals surface area (Å²) < 4.78 is 66.3. The van der Waals surface area contributed by atoms with Gasteiger partial charge in [-0.25, -0.2) is 8.42 Å². The van der Waals surface area contributed by atoms with Crippen LogP contribution in [0.5, 0.6) is 5.75 Å². The summed E-state index contributed by atoms with van der Waals surface area (Å²) in [7, 11) is -3.78. The predicted molar refractivity (Wildman–Crippen MR) is 104 cm³/mol. The SMILES string of the molecule is CC[C@H](C(=O)Nc1ccc(OC(F)(F)F)cc1)N(c1ccc(C)cc1)S(C)(=O)=O. The molecule has 0 aliphatic heterocycles. The van der Waals surface area contributed by atoms with Gasteiger partial charge in [0.2, 0.25) is 15.9 Å². The van der Waals surface area contributed by atoms with Crippen LogP contribution in [0.1, 0.15) is 18.9 Å². The number of anilines is 2. The number of nitrogens with one attached hydrogen (secondary N) is 1. The summed E-state index contributed by atoms with van der Waals surface area (Å²) in [5.41, 5.74) is 1.48. The van der Waals surface area contributed by atoms with Crippen LogP contribution >= 0.6 is 0 Å². The van der Waals surface area contributed by atoms with E-state index >= 15 is 0 Å². The smallest absolute Gasteiger partial charge is 0.406 e. The van der Waals surface area contributed by atoms with Crippen LogP contribution in [0.25, 0.3) is 0 Å². The number of halogens is 3. The van der Waals surface area contributed by atoms with Crippen molar-refractivity contribution in [1.29, 1.82) is 0 Å². The first-order valence-electron chi connectivity index (χ1n) is 8.63. The molecule has 0 unspecified atom stereocenters. The predicted octanol–water partition coefficient (Wildman–Crippen LogP) is 4.08. The maximum atomic E-state index is 12.8. The molecule has 0 aromatic heterocycles. The lowest BCUT2D eigenvalue weighted by molar-refractivity contribution is -0.274.